The Labute approximate surface area is 147 Å². The first-order valence-electron chi connectivity index (χ1n) is 8.26. The van der Waals surface area contributed by atoms with Crippen LogP contribution in [0, 0.1) is 0 Å². The Morgan fingerprint density at radius 1 is 1.08 bits per heavy atom. The van der Waals surface area contributed by atoms with Crippen LogP contribution in [0.2, 0.25) is 0 Å². The summed E-state index contributed by atoms with van der Waals surface area (Å²) in [5.41, 5.74) is 8.39. The molecule has 3 N–H and O–H groups in total. The van der Waals surface area contributed by atoms with Gasteiger partial charge in [-0.3, -0.25) is 4.79 Å². The van der Waals surface area contributed by atoms with Crippen LogP contribution in [0.25, 0.3) is 0 Å². The van der Waals surface area contributed by atoms with Crippen LogP contribution in [-0.2, 0) is 11.3 Å². The van der Waals surface area contributed by atoms with Crippen molar-refractivity contribution in [1.82, 2.24) is 16.2 Å². The van der Waals surface area contributed by atoms with Gasteiger partial charge in [0.25, 0.3) is 0 Å². The summed E-state index contributed by atoms with van der Waals surface area (Å²) in [4.78, 5) is 12.4. The van der Waals surface area contributed by atoms with E-state index in [1.807, 2.05) is 36.4 Å². The molecule has 1 aliphatic rings. The van der Waals surface area contributed by atoms with Crippen LogP contribution in [0.15, 0.2) is 48.5 Å². The fourth-order valence-corrected chi connectivity index (χ4v) is 2.94. The highest BCUT2D eigenvalue weighted by molar-refractivity contribution is 5.82. The van der Waals surface area contributed by atoms with Gasteiger partial charge in [-0.1, -0.05) is 36.4 Å². The molecule has 6 nitrogen and oxygen atoms in total. The average Bonchev–Trinajstić information content (AvgIpc) is 3.17. The Morgan fingerprint density at radius 3 is 2.56 bits per heavy atom. The van der Waals surface area contributed by atoms with E-state index in [0.717, 1.165) is 5.56 Å². The Balaban J connectivity index is 1.55. The van der Waals surface area contributed by atoms with Crippen molar-refractivity contribution in [3.63, 3.8) is 0 Å². The number of hydrogen-bond donors (Lipinski definition) is 3. The molecule has 0 radical (unpaired) electrons. The lowest BCUT2D eigenvalue weighted by molar-refractivity contribution is -0.123. The van der Waals surface area contributed by atoms with Gasteiger partial charge in [-0.25, -0.2) is 10.9 Å². The number of hydrogen-bond acceptors (Lipinski definition) is 5. The van der Waals surface area contributed by atoms with Crippen LogP contribution in [-0.4, -0.2) is 26.2 Å². The van der Waals surface area contributed by atoms with Crippen LogP contribution in [0.1, 0.15) is 23.6 Å². The van der Waals surface area contributed by atoms with Crippen LogP contribution in [0.4, 0.5) is 0 Å². The minimum absolute atomic E-state index is 0.0271. The summed E-state index contributed by atoms with van der Waals surface area (Å²) in [6.45, 7) is 0.438. The van der Waals surface area contributed by atoms with Gasteiger partial charge in [-0.15, -0.1) is 0 Å². The fraction of sp³-hybridized carbons (Fsp3) is 0.316. The summed E-state index contributed by atoms with van der Waals surface area (Å²) in [6, 6.07) is 15.6. The molecule has 1 aliphatic heterocycles. The molecule has 1 fully saturated rings. The highest BCUT2D eigenvalue weighted by Gasteiger charge is 2.29. The molecule has 6 heteroatoms. The van der Waals surface area contributed by atoms with E-state index in [1.165, 1.54) is 5.56 Å². The molecule has 0 aliphatic carbocycles. The van der Waals surface area contributed by atoms with E-state index in [0.29, 0.717) is 24.5 Å². The summed E-state index contributed by atoms with van der Waals surface area (Å²) < 4.78 is 10.5. The molecule has 0 bridgehead atoms. The van der Waals surface area contributed by atoms with E-state index in [2.05, 4.69) is 28.3 Å². The van der Waals surface area contributed by atoms with E-state index in [9.17, 15) is 4.79 Å². The molecule has 2 aromatic rings. The number of hydrazine groups is 1. The molecule has 1 heterocycles. The van der Waals surface area contributed by atoms with Crippen molar-refractivity contribution in [2.75, 3.05) is 14.2 Å². The highest BCUT2D eigenvalue weighted by Crippen LogP contribution is 2.27. The molecular weight excluding hydrogens is 318 g/mol. The van der Waals surface area contributed by atoms with Crippen LogP contribution in [0.3, 0.4) is 0 Å². The lowest BCUT2D eigenvalue weighted by Crippen LogP contribution is -2.42. The monoisotopic (exact) mass is 341 g/mol. The highest BCUT2D eigenvalue weighted by atomic mass is 16.5. The molecule has 1 amide bonds. The van der Waals surface area contributed by atoms with Crippen molar-refractivity contribution in [3.8, 4) is 11.5 Å². The maximum absolute atomic E-state index is 12.4. The smallest absolute Gasteiger partial charge is 0.238 e. The normalized spacial score (nSPS) is 19.4. The second kappa shape index (κ2) is 8.00. The molecule has 2 atom stereocenters. The number of benzene rings is 2. The molecule has 2 unspecified atom stereocenters. The first-order chi connectivity index (χ1) is 12.2. The van der Waals surface area contributed by atoms with E-state index in [1.54, 1.807) is 14.2 Å². The second-order valence-electron chi connectivity index (χ2n) is 5.95. The molecule has 3 rings (SSSR count). The first kappa shape index (κ1) is 17.3. The molecule has 0 saturated carbocycles. The number of methoxy groups -OCH3 is 2. The van der Waals surface area contributed by atoms with Crippen molar-refractivity contribution >= 4 is 5.91 Å². The maximum Gasteiger partial charge on any atom is 0.238 e. The maximum atomic E-state index is 12.4. The van der Waals surface area contributed by atoms with Gasteiger partial charge in [-0.05, 0) is 29.7 Å². The predicted molar refractivity (Wildman–Crippen MR) is 95.3 cm³/mol. The van der Waals surface area contributed by atoms with Gasteiger partial charge >= 0.3 is 0 Å². The minimum Gasteiger partial charge on any atom is -0.493 e. The minimum atomic E-state index is -0.259. The zero-order chi connectivity index (χ0) is 17.6. The van der Waals surface area contributed by atoms with Gasteiger partial charge in [0, 0.05) is 12.6 Å². The quantitative estimate of drug-likeness (QED) is 0.749. The topological polar surface area (TPSA) is 71.6 Å². The molecule has 132 valence electrons. The van der Waals surface area contributed by atoms with E-state index in [-0.39, 0.29) is 18.0 Å². The number of carbonyl (C=O) groups excluding carboxylic acids is 1. The van der Waals surface area contributed by atoms with Crippen LogP contribution >= 0.6 is 0 Å². The molecule has 25 heavy (non-hydrogen) atoms. The fourth-order valence-electron chi connectivity index (χ4n) is 2.94. The Kier molecular flexibility index (Phi) is 5.53. The zero-order valence-corrected chi connectivity index (χ0v) is 14.4. The van der Waals surface area contributed by atoms with Crippen LogP contribution < -0.4 is 25.6 Å². The van der Waals surface area contributed by atoms with E-state index < -0.39 is 0 Å². The van der Waals surface area contributed by atoms with Gasteiger partial charge in [0.2, 0.25) is 5.91 Å². The van der Waals surface area contributed by atoms with Crippen molar-refractivity contribution in [2.24, 2.45) is 0 Å². The molecule has 2 aromatic carbocycles. The molecule has 1 saturated heterocycles. The lowest BCUT2D eigenvalue weighted by atomic mass is 10.0. The summed E-state index contributed by atoms with van der Waals surface area (Å²) in [5, 5.41) is 2.96. The lowest BCUT2D eigenvalue weighted by Gasteiger charge is -2.12. The van der Waals surface area contributed by atoms with Gasteiger partial charge < -0.3 is 14.8 Å². The summed E-state index contributed by atoms with van der Waals surface area (Å²) in [6.07, 6.45) is 0.710. The zero-order valence-electron chi connectivity index (χ0n) is 14.4. The van der Waals surface area contributed by atoms with Crippen molar-refractivity contribution in [1.29, 1.82) is 0 Å². The molecular formula is C19H23N3O3. The number of nitrogens with one attached hydrogen (secondary N) is 3. The van der Waals surface area contributed by atoms with Gasteiger partial charge in [0.15, 0.2) is 11.5 Å². The van der Waals surface area contributed by atoms with E-state index >= 15 is 0 Å². The molecule has 0 aromatic heterocycles. The van der Waals surface area contributed by atoms with Gasteiger partial charge in [-0.2, -0.15) is 0 Å². The van der Waals surface area contributed by atoms with Gasteiger partial charge in [0.05, 0.1) is 14.2 Å². The Hall–Kier alpha value is -2.57. The standard InChI is InChI=1S/C19H23N3O3/c1-24-17-9-8-13(10-18(17)25-2)12-20-19(23)16-11-15(21-22-16)14-6-4-3-5-7-14/h3-10,15-16,21-22H,11-12H2,1-2H3,(H,20,23). The third-order valence-electron chi connectivity index (χ3n) is 4.34. The average molecular weight is 341 g/mol. The summed E-state index contributed by atoms with van der Waals surface area (Å²) in [7, 11) is 3.19. The Morgan fingerprint density at radius 2 is 1.84 bits per heavy atom. The SMILES string of the molecule is COc1ccc(CNC(=O)C2CC(c3ccccc3)NN2)cc1OC. The van der Waals surface area contributed by atoms with Crippen molar-refractivity contribution in [2.45, 2.75) is 25.0 Å². The Bertz CT molecular complexity index is 721. The number of amides is 1. The third kappa shape index (κ3) is 4.10. The van der Waals surface area contributed by atoms with Crippen LogP contribution in [0.5, 0.6) is 11.5 Å². The third-order valence-corrected chi connectivity index (χ3v) is 4.34. The van der Waals surface area contributed by atoms with Gasteiger partial charge in [0.1, 0.15) is 6.04 Å². The summed E-state index contributed by atoms with van der Waals surface area (Å²) >= 11 is 0. The predicted octanol–water partition coefficient (Wildman–Crippen LogP) is 1.93. The van der Waals surface area contributed by atoms with E-state index in [4.69, 9.17) is 9.47 Å². The first-order valence-corrected chi connectivity index (χ1v) is 8.26. The summed E-state index contributed by atoms with van der Waals surface area (Å²) in [5.74, 6) is 1.30. The number of ether oxygens (including phenoxy) is 2. The number of rotatable bonds is 6. The largest absolute Gasteiger partial charge is 0.493 e. The molecule has 0 spiro atoms. The number of carbonyl (C=O) groups is 1. The van der Waals surface area contributed by atoms with Crippen molar-refractivity contribution < 1.29 is 14.3 Å². The van der Waals surface area contributed by atoms with Crippen molar-refractivity contribution in [3.05, 3.63) is 59.7 Å². The second-order valence-corrected chi connectivity index (χ2v) is 5.95.